The topological polar surface area (TPSA) is 82.1 Å². The molecule has 14 aromatic rings. The first-order valence-corrected chi connectivity index (χ1v) is 23.5. The van der Waals surface area contributed by atoms with Gasteiger partial charge >= 0.3 is 0 Å². The number of nitrogens with zero attached hydrogens (tertiary/aromatic N) is 7. The molecule has 0 atom stereocenters. The first kappa shape index (κ1) is 41.5. The fourth-order valence-electron chi connectivity index (χ4n) is 9.35. The molecule has 0 unspecified atom stereocenters. The molecule has 0 bridgehead atoms. The van der Waals surface area contributed by atoms with Crippen LogP contribution in [-0.2, 0) is 0 Å². The van der Waals surface area contributed by atoms with Gasteiger partial charge < -0.3 is 18.7 Å². The molecule has 0 amide bonds. The number of aromatic amines is 1. The summed E-state index contributed by atoms with van der Waals surface area (Å²) in [5.74, 6) is 1.48. The van der Waals surface area contributed by atoms with Crippen molar-refractivity contribution in [2.24, 2.45) is 0 Å². The van der Waals surface area contributed by atoms with Crippen LogP contribution in [0.5, 0.6) is 0 Å². The number of H-pyrrole nitrogens is 1. The Morgan fingerprint density at radius 3 is 1.43 bits per heavy atom. The Balaban J connectivity index is 0.000000120. The molecule has 1 N–H and O–H groups in total. The lowest BCUT2D eigenvalue weighted by Gasteiger charge is -2.09. The second-order valence-corrected chi connectivity index (χ2v) is 17.5. The van der Waals surface area contributed by atoms with Crippen LogP contribution in [0, 0.1) is 0 Å². The van der Waals surface area contributed by atoms with Crippen LogP contribution in [0.4, 0.5) is 0 Å². The summed E-state index contributed by atoms with van der Waals surface area (Å²) in [7, 11) is 0. The first-order chi connectivity index (χ1) is 34.2. The van der Waals surface area contributed by atoms with E-state index in [-0.39, 0.29) is 0 Å². The van der Waals surface area contributed by atoms with E-state index < -0.39 is 0 Å². The molecule has 0 fully saturated rings. The van der Waals surface area contributed by atoms with Gasteiger partial charge in [0, 0.05) is 90.6 Å². The molecule has 6 heterocycles. The lowest BCUT2D eigenvalue weighted by molar-refractivity contribution is 1.08. The number of hydrogen-bond donors (Lipinski definition) is 1. The zero-order valence-electron chi connectivity index (χ0n) is 37.1. The van der Waals surface area contributed by atoms with Gasteiger partial charge in [-0.15, -0.1) is 0 Å². The van der Waals surface area contributed by atoms with Gasteiger partial charge in [-0.05, 0) is 76.6 Å². The highest BCUT2D eigenvalue weighted by Gasteiger charge is 2.18. The second-order valence-electron chi connectivity index (χ2n) is 16.6. The number of para-hydroxylation sites is 4. The Morgan fingerprint density at radius 2 is 0.841 bits per heavy atom. The molecule has 0 saturated heterocycles. The Hall–Kier alpha value is -8.92. The quantitative estimate of drug-likeness (QED) is 0.186. The summed E-state index contributed by atoms with van der Waals surface area (Å²) in [6.45, 7) is 0. The van der Waals surface area contributed by atoms with Crippen molar-refractivity contribution in [2.45, 2.75) is 0 Å². The monoisotopic (exact) mass is 952 g/mol. The third kappa shape index (κ3) is 7.80. The molecule has 14 rings (SSSR count). The van der Waals surface area contributed by atoms with E-state index in [1.54, 1.807) is 12.4 Å². The normalized spacial score (nSPS) is 11.3. The van der Waals surface area contributed by atoms with Gasteiger partial charge in [-0.3, -0.25) is 0 Å². The Bertz CT molecular complexity index is 4050. The van der Waals surface area contributed by atoms with E-state index in [0.717, 1.165) is 49.7 Å². The van der Waals surface area contributed by atoms with Crippen LogP contribution in [0.3, 0.4) is 0 Å². The van der Waals surface area contributed by atoms with Gasteiger partial charge in [0.15, 0.2) is 11.6 Å². The zero-order chi connectivity index (χ0) is 46.1. The van der Waals surface area contributed by atoms with Gasteiger partial charge in [-0.25, -0.2) is 19.9 Å². The molecule has 0 spiro atoms. The van der Waals surface area contributed by atoms with Crippen molar-refractivity contribution in [1.82, 2.24) is 38.6 Å². The minimum Gasteiger partial charge on any atom is -0.354 e. The van der Waals surface area contributed by atoms with Crippen LogP contribution >= 0.6 is 15.9 Å². The van der Waals surface area contributed by atoms with Gasteiger partial charge in [0.25, 0.3) is 0 Å². The van der Waals surface area contributed by atoms with E-state index in [0.29, 0.717) is 0 Å². The van der Waals surface area contributed by atoms with Gasteiger partial charge in [0.2, 0.25) is 0 Å². The summed E-state index contributed by atoms with van der Waals surface area (Å²) in [6, 6.07) is 71.2. The highest BCUT2D eigenvalue weighted by molar-refractivity contribution is 9.10. The smallest absolute Gasteiger partial charge is 0.159 e. The van der Waals surface area contributed by atoms with E-state index in [9.17, 15) is 0 Å². The van der Waals surface area contributed by atoms with E-state index in [2.05, 4.69) is 203 Å². The van der Waals surface area contributed by atoms with Gasteiger partial charge in [-0.1, -0.05) is 146 Å². The molecular formula is C60H41BrN8. The van der Waals surface area contributed by atoms with E-state index in [1.165, 1.54) is 60.1 Å². The lowest BCUT2D eigenvalue weighted by atomic mass is 10.1. The highest BCUT2D eigenvalue weighted by Crippen LogP contribution is 2.38. The molecule has 0 aliphatic heterocycles. The fourth-order valence-corrected chi connectivity index (χ4v) is 9.56. The van der Waals surface area contributed by atoms with Crippen molar-refractivity contribution < 1.29 is 0 Å². The number of nitrogens with one attached hydrogen (secondary N) is 1. The third-order valence-electron chi connectivity index (χ3n) is 12.5. The molecule has 0 saturated carbocycles. The van der Waals surface area contributed by atoms with Crippen molar-refractivity contribution in [3.8, 4) is 39.8 Å². The molecule has 0 radical (unpaired) electrons. The molecule has 9 heteroatoms. The SMILES string of the molecule is Brc1cnc(-c2ccccc2)nc1.c1ccc(-c2ncc(-n3c4ccccc4c4c5c(ccc43)ccn5-c3ccccc3)cn2)cc1.c1ccc(-n2ccc3ccc4[nH]c5ccccc5c4c32)cc1. The first-order valence-electron chi connectivity index (χ1n) is 22.7. The Morgan fingerprint density at radius 1 is 0.362 bits per heavy atom. The van der Waals surface area contributed by atoms with Crippen LogP contribution < -0.4 is 0 Å². The molecular weight excluding hydrogens is 913 g/mol. The molecule has 69 heavy (non-hydrogen) atoms. The predicted molar refractivity (Wildman–Crippen MR) is 286 cm³/mol. The second kappa shape index (κ2) is 18.0. The van der Waals surface area contributed by atoms with Gasteiger partial charge in [-0.2, -0.15) is 0 Å². The van der Waals surface area contributed by atoms with Crippen molar-refractivity contribution in [2.75, 3.05) is 0 Å². The Kier molecular flexibility index (Phi) is 10.9. The van der Waals surface area contributed by atoms with E-state index >= 15 is 0 Å². The summed E-state index contributed by atoms with van der Waals surface area (Å²) in [6.07, 6.45) is 11.6. The average Bonchev–Trinajstić information content (AvgIpc) is 4.22. The number of rotatable bonds is 5. The number of aromatic nitrogens is 8. The van der Waals surface area contributed by atoms with Gasteiger partial charge in [0.1, 0.15) is 0 Å². The molecule has 328 valence electrons. The van der Waals surface area contributed by atoms with E-state index in [4.69, 9.17) is 9.97 Å². The van der Waals surface area contributed by atoms with Crippen molar-refractivity contribution in [3.05, 3.63) is 248 Å². The molecule has 0 aliphatic carbocycles. The van der Waals surface area contributed by atoms with Crippen LogP contribution in [0.15, 0.2) is 248 Å². The largest absolute Gasteiger partial charge is 0.354 e. The molecule has 6 aromatic heterocycles. The summed E-state index contributed by atoms with van der Waals surface area (Å²) >= 11 is 3.29. The summed E-state index contributed by atoms with van der Waals surface area (Å²) in [5, 5.41) is 7.50. The van der Waals surface area contributed by atoms with E-state index in [1.807, 2.05) is 73.1 Å². The van der Waals surface area contributed by atoms with Crippen LogP contribution in [0.25, 0.3) is 105 Å². The number of benzene rings is 8. The molecule has 0 aliphatic rings. The number of halogens is 1. The number of fused-ring (bicyclic) bond motifs is 10. The average molecular weight is 954 g/mol. The van der Waals surface area contributed by atoms with Crippen LogP contribution in [0.1, 0.15) is 0 Å². The zero-order valence-corrected chi connectivity index (χ0v) is 38.7. The minimum atomic E-state index is 0.727. The predicted octanol–water partition coefficient (Wildman–Crippen LogP) is 15.4. The molecule has 8 aromatic carbocycles. The number of hydrogen-bond acceptors (Lipinski definition) is 4. The van der Waals surface area contributed by atoms with Gasteiger partial charge in [0.05, 0.1) is 44.6 Å². The maximum absolute atomic E-state index is 4.70. The summed E-state index contributed by atoms with van der Waals surface area (Å²) < 4.78 is 7.72. The van der Waals surface area contributed by atoms with Crippen molar-refractivity contribution >= 4 is 81.3 Å². The van der Waals surface area contributed by atoms with Crippen LogP contribution in [-0.4, -0.2) is 38.6 Å². The third-order valence-corrected chi connectivity index (χ3v) is 12.9. The summed E-state index contributed by atoms with van der Waals surface area (Å²) in [5.41, 5.74) is 12.5. The van der Waals surface area contributed by atoms with Crippen molar-refractivity contribution in [3.63, 3.8) is 0 Å². The fraction of sp³-hybridized carbons (Fsp3) is 0. The Labute approximate surface area is 405 Å². The minimum absolute atomic E-state index is 0.727. The maximum Gasteiger partial charge on any atom is 0.159 e. The van der Waals surface area contributed by atoms with Crippen molar-refractivity contribution in [1.29, 1.82) is 0 Å². The lowest BCUT2D eigenvalue weighted by Crippen LogP contribution is -1.98. The maximum atomic E-state index is 4.70. The van der Waals surface area contributed by atoms with Crippen LogP contribution in [0.2, 0.25) is 0 Å². The highest BCUT2D eigenvalue weighted by atomic mass is 79.9. The standard InChI is InChI=1S/C30H20N4.C20H14N2.C10H7BrN2/c1-3-9-22(10-4-1)30-31-19-24(20-32-30)34-26-14-8-7-13-25(26)28-27(34)16-15-21-17-18-33(29(21)28)23-11-5-2-6-12-23;1-2-6-15(7-3-1)22-13-12-14-10-11-18-19(20(14)22)16-8-4-5-9-17(16)21-18;11-9-6-12-10(13-7-9)8-4-2-1-3-5-8/h1-20H;1-13,21H;1-7H. The summed E-state index contributed by atoms with van der Waals surface area (Å²) in [4.78, 5) is 21.3. The molecule has 8 nitrogen and oxygen atoms in total.